The molecule has 0 aliphatic carbocycles. The van der Waals surface area contributed by atoms with Crippen molar-refractivity contribution >= 4 is 47.2 Å². The standard InChI is InChI=1S/C7H9N3OS.2ClH/c11-6-5-8-1-3-10(6)7-9-2-4-12-7;;/h2,4,8H,1,3,5H2;2*1H. The minimum atomic E-state index is 0. The predicted molar refractivity (Wildman–Crippen MR) is 61.8 cm³/mol. The summed E-state index contributed by atoms with van der Waals surface area (Å²) in [6, 6.07) is 0. The van der Waals surface area contributed by atoms with Gasteiger partial charge in [-0.25, -0.2) is 4.98 Å². The van der Waals surface area contributed by atoms with Crippen molar-refractivity contribution in [1.82, 2.24) is 10.3 Å². The fourth-order valence-corrected chi connectivity index (χ4v) is 1.84. The normalized spacial score (nSPS) is 15.7. The van der Waals surface area contributed by atoms with Crippen LogP contribution in [-0.4, -0.2) is 30.5 Å². The Morgan fingerprint density at radius 3 is 2.86 bits per heavy atom. The van der Waals surface area contributed by atoms with Crippen molar-refractivity contribution in [3.63, 3.8) is 0 Å². The lowest BCUT2D eigenvalue weighted by Crippen LogP contribution is -2.48. The molecule has 1 aromatic rings. The van der Waals surface area contributed by atoms with Gasteiger partial charge in [-0.2, -0.15) is 0 Å². The van der Waals surface area contributed by atoms with Crippen molar-refractivity contribution in [1.29, 1.82) is 0 Å². The lowest BCUT2D eigenvalue weighted by atomic mass is 10.4. The number of amides is 1. The minimum Gasteiger partial charge on any atom is -0.307 e. The molecular weight excluding hydrogens is 245 g/mol. The Balaban J connectivity index is 0.000000845. The number of rotatable bonds is 1. The minimum absolute atomic E-state index is 0. The van der Waals surface area contributed by atoms with Gasteiger partial charge >= 0.3 is 0 Å². The van der Waals surface area contributed by atoms with Gasteiger partial charge in [-0.3, -0.25) is 9.69 Å². The smallest absolute Gasteiger partial charge is 0.242 e. The quantitative estimate of drug-likeness (QED) is 0.812. The van der Waals surface area contributed by atoms with Crippen LogP contribution in [-0.2, 0) is 4.79 Å². The first-order chi connectivity index (χ1) is 5.88. The van der Waals surface area contributed by atoms with Gasteiger partial charge < -0.3 is 5.32 Å². The lowest BCUT2D eigenvalue weighted by molar-refractivity contribution is -0.118. The van der Waals surface area contributed by atoms with E-state index in [1.54, 1.807) is 11.1 Å². The zero-order valence-corrected chi connectivity index (χ0v) is 9.75. The molecule has 4 nitrogen and oxygen atoms in total. The van der Waals surface area contributed by atoms with Crippen molar-refractivity contribution in [2.24, 2.45) is 0 Å². The van der Waals surface area contributed by atoms with Crippen LogP contribution in [0.1, 0.15) is 0 Å². The molecule has 0 radical (unpaired) electrons. The van der Waals surface area contributed by atoms with Crippen molar-refractivity contribution in [3.8, 4) is 0 Å². The number of nitrogens with one attached hydrogen (secondary N) is 1. The highest BCUT2D eigenvalue weighted by Gasteiger charge is 2.20. The molecule has 80 valence electrons. The Hall–Kier alpha value is -0.360. The van der Waals surface area contributed by atoms with Crippen LogP contribution in [0.4, 0.5) is 5.13 Å². The summed E-state index contributed by atoms with van der Waals surface area (Å²) in [5.74, 6) is 0.108. The van der Waals surface area contributed by atoms with E-state index in [1.165, 1.54) is 11.3 Å². The van der Waals surface area contributed by atoms with Gasteiger partial charge in [0, 0.05) is 24.7 Å². The maximum Gasteiger partial charge on any atom is 0.242 e. The predicted octanol–water partition coefficient (Wildman–Crippen LogP) is 0.923. The monoisotopic (exact) mass is 255 g/mol. The molecule has 0 spiro atoms. The van der Waals surface area contributed by atoms with Gasteiger partial charge in [0.2, 0.25) is 5.91 Å². The molecule has 2 heterocycles. The van der Waals surface area contributed by atoms with Gasteiger partial charge in [-0.1, -0.05) is 0 Å². The molecule has 0 unspecified atom stereocenters. The number of carbonyl (C=O) groups excluding carboxylic acids is 1. The van der Waals surface area contributed by atoms with Gasteiger partial charge in [-0.05, 0) is 0 Å². The number of nitrogens with zero attached hydrogens (tertiary/aromatic N) is 2. The molecule has 1 amide bonds. The molecule has 2 rings (SSSR count). The van der Waals surface area contributed by atoms with E-state index in [0.717, 1.165) is 18.2 Å². The molecular formula is C7H11Cl2N3OS. The second kappa shape index (κ2) is 6.19. The number of anilines is 1. The molecule has 1 aliphatic heterocycles. The van der Waals surface area contributed by atoms with E-state index in [4.69, 9.17) is 0 Å². The van der Waals surface area contributed by atoms with E-state index in [0.29, 0.717) is 6.54 Å². The fourth-order valence-electron chi connectivity index (χ4n) is 1.16. The van der Waals surface area contributed by atoms with Crippen LogP contribution >= 0.6 is 36.2 Å². The summed E-state index contributed by atoms with van der Waals surface area (Å²) < 4.78 is 0. The number of hydrogen-bond donors (Lipinski definition) is 1. The van der Waals surface area contributed by atoms with Crippen LogP contribution in [0, 0.1) is 0 Å². The van der Waals surface area contributed by atoms with Crippen LogP contribution in [0.15, 0.2) is 11.6 Å². The highest BCUT2D eigenvalue weighted by molar-refractivity contribution is 7.13. The second-order valence-corrected chi connectivity index (χ2v) is 3.41. The first-order valence-electron chi connectivity index (χ1n) is 3.78. The molecule has 1 N–H and O–H groups in total. The van der Waals surface area contributed by atoms with Crippen molar-refractivity contribution in [3.05, 3.63) is 11.6 Å². The second-order valence-electron chi connectivity index (χ2n) is 2.54. The summed E-state index contributed by atoms with van der Waals surface area (Å²) in [7, 11) is 0. The topological polar surface area (TPSA) is 45.2 Å². The Morgan fingerprint density at radius 2 is 2.29 bits per heavy atom. The molecule has 1 fully saturated rings. The SMILES string of the molecule is Cl.Cl.O=C1CNCCN1c1nccs1. The molecule has 0 bridgehead atoms. The first-order valence-corrected chi connectivity index (χ1v) is 4.66. The van der Waals surface area contributed by atoms with Crippen molar-refractivity contribution in [2.45, 2.75) is 0 Å². The number of thiazole rings is 1. The molecule has 7 heteroatoms. The first kappa shape index (κ1) is 13.6. The van der Waals surface area contributed by atoms with Gasteiger partial charge in [0.05, 0.1) is 6.54 Å². The number of hydrogen-bond acceptors (Lipinski definition) is 4. The van der Waals surface area contributed by atoms with Gasteiger partial charge in [0.25, 0.3) is 0 Å². The molecule has 1 aromatic heterocycles. The van der Waals surface area contributed by atoms with Crippen molar-refractivity contribution < 1.29 is 4.79 Å². The van der Waals surface area contributed by atoms with Gasteiger partial charge in [0.1, 0.15) is 0 Å². The number of carbonyl (C=O) groups is 1. The van der Waals surface area contributed by atoms with Crippen LogP contribution in [0.3, 0.4) is 0 Å². The summed E-state index contributed by atoms with van der Waals surface area (Å²) in [5, 5.41) is 5.70. The third kappa shape index (κ3) is 2.81. The highest BCUT2D eigenvalue weighted by atomic mass is 35.5. The van der Waals surface area contributed by atoms with E-state index in [-0.39, 0.29) is 30.7 Å². The summed E-state index contributed by atoms with van der Waals surface area (Å²) in [5.41, 5.74) is 0. The number of halogens is 2. The Bertz CT molecular complexity index is 280. The largest absolute Gasteiger partial charge is 0.307 e. The summed E-state index contributed by atoms with van der Waals surface area (Å²) in [6.45, 7) is 2.01. The van der Waals surface area contributed by atoms with E-state index < -0.39 is 0 Å². The van der Waals surface area contributed by atoms with E-state index in [9.17, 15) is 4.79 Å². The average Bonchev–Trinajstić information content (AvgIpc) is 2.57. The van der Waals surface area contributed by atoms with Gasteiger partial charge in [0.15, 0.2) is 5.13 Å². The summed E-state index contributed by atoms with van der Waals surface area (Å²) in [4.78, 5) is 17.1. The number of aromatic nitrogens is 1. The van der Waals surface area contributed by atoms with Crippen LogP contribution in [0.2, 0.25) is 0 Å². The maximum absolute atomic E-state index is 11.3. The summed E-state index contributed by atoms with van der Waals surface area (Å²) >= 11 is 1.50. The Kier molecular flexibility index (Phi) is 6.03. The lowest BCUT2D eigenvalue weighted by Gasteiger charge is -2.24. The van der Waals surface area contributed by atoms with E-state index >= 15 is 0 Å². The summed E-state index contributed by atoms with van der Waals surface area (Å²) in [6.07, 6.45) is 1.72. The van der Waals surface area contributed by atoms with Crippen molar-refractivity contribution in [2.75, 3.05) is 24.5 Å². The average molecular weight is 256 g/mol. The van der Waals surface area contributed by atoms with E-state index in [2.05, 4.69) is 10.3 Å². The highest BCUT2D eigenvalue weighted by Crippen LogP contribution is 2.17. The fraction of sp³-hybridized carbons (Fsp3) is 0.429. The van der Waals surface area contributed by atoms with Crippen LogP contribution in [0.5, 0.6) is 0 Å². The zero-order chi connectivity index (χ0) is 8.39. The Labute approximate surface area is 98.5 Å². The maximum atomic E-state index is 11.3. The third-order valence-corrected chi connectivity index (χ3v) is 2.53. The third-order valence-electron chi connectivity index (χ3n) is 1.74. The zero-order valence-electron chi connectivity index (χ0n) is 7.30. The Morgan fingerprint density at radius 1 is 1.50 bits per heavy atom. The molecule has 0 aromatic carbocycles. The van der Waals surface area contributed by atoms with Crippen LogP contribution in [0.25, 0.3) is 0 Å². The molecule has 0 saturated carbocycles. The molecule has 0 atom stereocenters. The van der Waals surface area contributed by atoms with Crippen LogP contribution < -0.4 is 10.2 Å². The van der Waals surface area contributed by atoms with E-state index in [1.807, 2.05) is 5.38 Å². The molecule has 1 saturated heterocycles. The number of piperazine rings is 1. The molecule has 1 aliphatic rings. The van der Waals surface area contributed by atoms with Gasteiger partial charge in [-0.15, -0.1) is 36.2 Å². The molecule has 14 heavy (non-hydrogen) atoms.